The third-order valence-electron chi connectivity index (χ3n) is 4.19. The first kappa shape index (κ1) is 17.7. The molecule has 8 heteroatoms. The van der Waals surface area contributed by atoms with Gasteiger partial charge in [-0.15, -0.1) is 0 Å². The summed E-state index contributed by atoms with van der Waals surface area (Å²) < 4.78 is 25.1. The Labute approximate surface area is 159 Å². The molecule has 0 aliphatic carbocycles. The molecule has 1 aliphatic heterocycles. The van der Waals surface area contributed by atoms with Crippen LogP contribution in [-0.2, 0) is 0 Å². The number of aromatic amines is 1. The summed E-state index contributed by atoms with van der Waals surface area (Å²) in [6.45, 7) is 2.69. The van der Waals surface area contributed by atoms with Gasteiger partial charge in [-0.3, -0.25) is 4.79 Å². The Kier molecular flexibility index (Phi) is 4.52. The van der Waals surface area contributed by atoms with Gasteiger partial charge >= 0.3 is 5.69 Å². The van der Waals surface area contributed by atoms with Gasteiger partial charge in [-0.25, -0.2) is 9.18 Å². The zero-order chi connectivity index (χ0) is 19.7. The monoisotopic (exact) mass is 381 g/mol. The van der Waals surface area contributed by atoms with E-state index in [2.05, 4.69) is 15.3 Å². The maximum Gasteiger partial charge on any atom is 0.346 e. The van der Waals surface area contributed by atoms with E-state index < -0.39 is 17.4 Å². The lowest BCUT2D eigenvalue weighted by atomic mass is 10.1. The molecule has 28 heavy (non-hydrogen) atoms. The van der Waals surface area contributed by atoms with Crippen LogP contribution < -0.4 is 20.5 Å². The Morgan fingerprint density at radius 2 is 1.89 bits per heavy atom. The van der Waals surface area contributed by atoms with Gasteiger partial charge in [-0.2, -0.15) is 4.98 Å². The van der Waals surface area contributed by atoms with E-state index in [4.69, 9.17) is 9.47 Å². The molecule has 1 aromatic heterocycles. The number of aromatic nitrogens is 2. The van der Waals surface area contributed by atoms with Crippen LogP contribution in [0.2, 0.25) is 0 Å². The van der Waals surface area contributed by atoms with Gasteiger partial charge in [0, 0.05) is 17.3 Å². The van der Waals surface area contributed by atoms with Gasteiger partial charge in [0.2, 0.25) is 0 Å². The second kappa shape index (κ2) is 7.15. The highest BCUT2D eigenvalue weighted by Crippen LogP contribution is 2.32. The minimum atomic E-state index is -0.745. The van der Waals surface area contributed by atoms with E-state index in [9.17, 15) is 14.0 Å². The number of anilines is 1. The number of carbonyl (C=O) groups excluding carboxylic acids is 1. The molecule has 0 bridgehead atoms. The molecular formula is C20H16FN3O4. The lowest BCUT2D eigenvalue weighted by Gasteiger charge is -2.19. The van der Waals surface area contributed by atoms with Crippen molar-refractivity contribution in [3.05, 3.63) is 70.0 Å². The largest absolute Gasteiger partial charge is 0.486 e. The van der Waals surface area contributed by atoms with Crippen LogP contribution in [0.3, 0.4) is 0 Å². The summed E-state index contributed by atoms with van der Waals surface area (Å²) in [6, 6.07) is 10.8. The first-order valence-electron chi connectivity index (χ1n) is 8.58. The molecule has 1 amide bonds. The number of fused-ring (bicyclic) bond motifs is 1. The third kappa shape index (κ3) is 3.57. The van der Waals surface area contributed by atoms with Crippen LogP contribution in [-0.4, -0.2) is 29.1 Å². The van der Waals surface area contributed by atoms with E-state index in [-0.39, 0.29) is 17.0 Å². The number of H-pyrrole nitrogens is 1. The lowest BCUT2D eigenvalue weighted by Crippen LogP contribution is -2.21. The highest BCUT2D eigenvalue weighted by atomic mass is 19.1. The number of carbonyl (C=O) groups is 1. The van der Waals surface area contributed by atoms with Gasteiger partial charge < -0.3 is 19.8 Å². The summed E-state index contributed by atoms with van der Waals surface area (Å²) in [4.78, 5) is 30.7. The molecule has 0 atom stereocenters. The normalized spacial score (nSPS) is 12.5. The van der Waals surface area contributed by atoms with Gasteiger partial charge in [0.15, 0.2) is 11.5 Å². The molecule has 0 spiro atoms. The minimum Gasteiger partial charge on any atom is -0.486 e. The second-order valence-corrected chi connectivity index (χ2v) is 6.28. The summed E-state index contributed by atoms with van der Waals surface area (Å²) in [7, 11) is 0. The maximum absolute atomic E-state index is 14.1. The zero-order valence-electron chi connectivity index (χ0n) is 14.9. The fourth-order valence-corrected chi connectivity index (χ4v) is 2.87. The Bertz CT molecular complexity index is 1130. The molecule has 4 rings (SSSR count). The smallest absolute Gasteiger partial charge is 0.346 e. The number of ether oxygens (including phenoxy) is 2. The number of rotatable bonds is 3. The molecule has 2 heterocycles. The van der Waals surface area contributed by atoms with Gasteiger partial charge in [-0.1, -0.05) is 11.6 Å². The Morgan fingerprint density at radius 3 is 2.71 bits per heavy atom. The third-order valence-corrected chi connectivity index (χ3v) is 4.19. The summed E-state index contributed by atoms with van der Waals surface area (Å²) in [5.74, 6) is 0.0287. The topological polar surface area (TPSA) is 93.3 Å². The molecule has 1 aliphatic rings. The summed E-state index contributed by atoms with van der Waals surface area (Å²) in [5.41, 5.74) is 0.726. The fourth-order valence-electron chi connectivity index (χ4n) is 2.87. The highest BCUT2D eigenvalue weighted by molar-refractivity contribution is 6.03. The van der Waals surface area contributed by atoms with Crippen LogP contribution in [0.4, 0.5) is 10.1 Å². The molecule has 0 saturated heterocycles. The molecule has 0 radical (unpaired) electrons. The average Bonchev–Trinajstić information content (AvgIpc) is 2.69. The molecule has 7 nitrogen and oxygen atoms in total. The van der Waals surface area contributed by atoms with Crippen LogP contribution in [0.25, 0.3) is 11.3 Å². The van der Waals surface area contributed by atoms with E-state index in [1.54, 1.807) is 37.3 Å². The minimum absolute atomic E-state index is 0.0363. The van der Waals surface area contributed by atoms with Crippen LogP contribution in [0, 0.1) is 12.7 Å². The van der Waals surface area contributed by atoms with Gasteiger partial charge in [0.05, 0.1) is 5.69 Å². The highest BCUT2D eigenvalue weighted by Gasteiger charge is 2.16. The van der Waals surface area contributed by atoms with Crippen molar-refractivity contribution in [1.29, 1.82) is 0 Å². The van der Waals surface area contributed by atoms with E-state index in [1.165, 1.54) is 12.1 Å². The van der Waals surface area contributed by atoms with Crippen LogP contribution in [0.5, 0.6) is 11.5 Å². The molecule has 0 saturated carbocycles. The van der Waals surface area contributed by atoms with Crippen molar-refractivity contribution in [2.24, 2.45) is 0 Å². The van der Waals surface area contributed by atoms with Crippen LogP contribution >= 0.6 is 0 Å². The lowest BCUT2D eigenvalue weighted by molar-refractivity contribution is 0.102. The van der Waals surface area contributed by atoms with Gasteiger partial charge in [0.25, 0.3) is 5.91 Å². The molecule has 0 unspecified atom stereocenters. The van der Waals surface area contributed by atoms with E-state index >= 15 is 0 Å². The first-order valence-corrected chi connectivity index (χ1v) is 8.58. The quantitative estimate of drug-likeness (QED) is 0.728. The fraction of sp³-hybridized carbons (Fsp3) is 0.150. The van der Waals surface area contributed by atoms with Crippen molar-refractivity contribution >= 4 is 11.6 Å². The number of aryl methyl sites for hydroxylation is 1. The predicted octanol–water partition coefficient (Wildman–Crippen LogP) is 2.91. The number of nitrogens with zero attached hydrogens (tertiary/aromatic N) is 1. The van der Waals surface area contributed by atoms with Crippen molar-refractivity contribution < 1.29 is 18.7 Å². The first-order chi connectivity index (χ1) is 13.5. The Balaban J connectivity index is 1.64. The van der Waals surface area contributed by atoms with Crippen LogP contribution in [0.1, 0.15) is 16.1 Å². The molecule has 142 valence electrons. The Morgan fingerprint density at radius 1 is 1.11 bits per heavy atom. The van der Waals surface area contributed by atoms with Crippen molar-refractivity contribution in [1.82, 2.24) is 9.97 Å². The summed E-state index contributed by atoms with van der Waals surface area (Å²) in [6.07, 6.45) is 0. The number of amides is 1. The molecule has 2 N–H and O–H groups in total. The van der Waals surface area contributed by atoms with Crippen molar-refractivity contribution in [3.63, 3.8) is 0 Å². The average molecular weight is 381 g/mol. The summed E-state index contributed by atoms with van der Waals surface area (Å²) >= 11 is 0. The van der Waals surface area contributed by atoms with Crippen molar-refractivity contribution in [2.45, 2.75) is 6.92 Å². The maximum atomic E-state index is 14.1. The second-order valence-electron chi connectivity index (χ2n) is 6.28. The van der Waals surface area contributed by atoms with E-state index in [1.807, 2.05) is 0 Å². The molecule has 2 aromatic carbocycles. The number of nitrogens with one attached hydrogen (secondary N) is 2. The standard InChI is InChI=1S/C20H16FN3O4/c1-11-2-4-14(21)13(8-11)15-10-16(24-20(26)23-15)19(25)22-12-3-5-17-18(9-12)28-7-6-27-17/h2-5,8-10H,6-7H2,1H3,(H,22,25)(H,23,24,26). The molecular weight excluding hydrogens is 365 g/mol. The Hall–Kier alpha value is -3.68. The van der Waals surface area contributed by atoms with E-state index in [0.717, 1.165) is 5.56 Å². The van der Waals surface area contributed by atoms with Crippen molar-refractivity contribution in [2.75, 3.05) is 18.5 Å². The van der Waals surface area contributed by atoms with Crippen molar-refractivity contribution in [3.8, 4) is 22.8 Å². The van der Waals surface area contributed by atoms with Gasteiger partial charge in [0.1, 0.15) is 24.7 Å². The number of hydrogen-bond donors (Lipinski definition) is 2. The molecule has 3 aromatic rings. The van der Waals surface area contributed by atoms with E-state index in [0.29, 0.717) is 30.4 Å². The SMILES string of the molecule is Cc1ccc(F)c(-c2cc(C(=O)Nc3ccc4c(c3)OCCO4)[nH]c(=O)n2)c1. The zero-order valence-corrected chi connectivity index (χ0v) is 14.9. The molecule has 0 fully saturated rings. The predicted molar refractivity (Wildman–Crippen MR) is 100 cm³/mol. The number of hydrogen-bond acceptors (Lipinski definition) is 5. The number of halogens is 1. The van der Waals surface area contributed by atoms with Gasteiger partial charge in [-0.05, 0) is 37.3 Å². The summed E-state index contributed by atoms with van der Waals surface area (Å²) in [5, 5.41) is 2.67. The number of benzene rings is 2. The van der Waals surface area contributed by atoms with Crippen LogP contribution in [0.15, 0.2) is 47.3 Å².